The van der Waals surface area contributed by atoms with E-state index in [4.69, 9.17) is 16.6 Å². The second-order valence-corrected chi connectivity index (χ2v) is 6.75. The maximum atomic E-state index is 8.39. The van der Waals surface area contributed by atoms with Crippen molar-refractivity contribution in [2.45, 2.75) is 10.8 Å². The van der Waals surface area contributed by atoms with E-state index in [0.29, 0.717) is 17.3 Å². The minimum absolute atomic E-state index is 0.0556. The summed E-state index contributed by atoms with van der Waals surface area (Å²) in [5.74, 6) is 0.506. The van der Waals surface area contributed by atoms with Gasteiger partial charge in [0.05, 0.1) is 9.09 Å². The average Bonchev–Trinajstić information content (AvgIpc) is 2.91. The summed E-state index contributed by atoms with van der Waals surface area (Å²) in [5.41, 5.74) is 7.56. The first-order chi connectivity index (χ1) is 10.0. The molecule has 2 rings (SSSR count). The maximum absolute atomic E-state index is 8.39. The minimum atomic E-state index is 0.0556. The van der Waals surface area contributed by atoms with Crippen LogP contribution in [0.5, 0.6) is 0 Å². The van der Waals surface area contributed by atoms with Gasteiger partial charge in [-0.05, 0) is 17.9 Å². The molecule has 110 valence electrons. The molecule has 0 amide bonds. The van der Waals surface area contributed by atoms with Crippen LogP contribution in [0.25, 0.3) is 0 Å². The van der Waals surface area contributed by atoms with Gasteiger partial charge < -0.3 is 10.6 Å². The van der Waals surface area contributed by atoms with E-state index in [-0.39, 0.29) is 5.84 Å². The Labute approximate surface area is 133 Å². The summed E-state index contributed by atoms with van der Waals surface area (Å²) in [4.78, 5) is 2.62. The molecular formula is C15H18N4S2. The monoisotopic (exact) mass is 318 g/mol. The number of nitrogens with one attached hydrogen (secondary N) is 2. The Morgan fingerprint density at radius 2 is 1.95 bits per heavy atom. The first-order valence-corrected chi connectivity index (χ1v) is 8.43. The molecule has 0 radical (unpaired) electrons. The van der Waals surface area contributed by atoms with Gasteiger partial charge in [0, 0.05) is 19.2 Å². The molecule has 0 saturated carbocycles. The van der Waals surface area contributed by atoms with Crippen LogP contribution in [0, 0.1) is 10.8 Å². The fourth-order valence-electron chi connectivity index (χ4n) is 1.97. The van der Waals surface area contributed by atoms with Crippen LogP contribution < -0.4 is 5.73 Å². The lowest BCUT2D eigenvalue weighted by Gasteiger charge is -2.20. The SMILES string of the molecule is CSc1sc(C(=N)N)cc1C(=N)N(C)Cc1ccccc1. The van der Waals surface area contributed by atoms with Crippen molar-refractivity contribution >= 4 is 34.8 Å². The highest BCUT2D eigenvalue weighted by Crippen LogP contribution is 2.31. The summed E-state index contributed by atoms with van der Waals surface area (Å²) < 4.78 is 1.02. The van der Waals surface area contributed by atoms with E-state index in [0.717, 1.165) is 15.3 Å². The van der Waals surface area contributed by atoms with E-state index in [1.807, 2.05) is 54.6 Å². The summed E-state index contributed by atoms with van der Waals surface area (Å²) in [7, 11) is 1.91. The molecule has 0 bridgehead atoms. The molecule has 4 nitrogen and oxygen atoms in total. The van der Waals surface area contributed by atoms with Crippen LogP contribution in [-0.4, -0.2) is 29.9 Å². The Hall–Kier alpha value is -1.79. The molecule has 0 aliphatic rings. The number of thiophene rings is 1. The zero-order valence-corrected chi connectivity index (χ0v) is 13.6. The standard InChI is InChI=1S/C15H18N4S2/c1-19(9-10-6-4-3-5-7-10)14(18)11-8-12(13(16)17)21-15(11)20-2/h3-8,18H,9H2,1-2H3,(H3,16,17). The first kappa shape index (κ1) is 15.6. The normalized spacial score (nSPS) is 10.4. The highest BCUT2D eigenvalue weighted by molar-refractivity contribution is 8.00. The average molecular weight is 318 g/mol. The third kappa shape index (κ3) is 3.65. The van der Waals surface area contributed by atoms with Crippen LogP contribution in [0.1, 0.15) is 16.0 Å². The zero-order valence-electron chi connectivity index (χ0n) is 12.0. The molecule has 0 atom stereocenters. The molecule has 1 aromatic carbocycles. The van der Waals surface area contributed by atoms with E-state index in [1.165, 1.54) is 11.3 Å². The first-order valence-electron chi connectivity index (χ1n) is 6.39. The summed E-state index contributed by atoms with van der Waals surface area (Å²) >= 11 is 3.05. The van der Waals surface area contributed by atoms with Gasteiger partial charge in [-0.3, -0.25) is 10.8 Å². The fourth-order valence-corrected chi connectivity index (χ4v) is 3.70. The number of thioether (sulfide) groups is 1. The van der Waals surface area contributed by atoms with E-state index in [1.54, 1.807) is 11.8 Å². The van der Waals surface area contributed by atoms with Crippen molar-refractivity contribution in [3.05, 3.63) is 52.4 Å². The lowest BCUT2D eigenvalue weighted by atomic mass is 10.2. The third-order valence-electron chi connectivity index (χ3n) is 3.05. The van der Waals surface area contributed by atoms with Crippen LogP contribution in [-0.2, 0) is 6.54 Å². The van der Waals surface area contributed by atoms with Crippen molar-refractivity contribution in [2.24, 2.45) is 5.73 Å². The summed E-state index contributed by atoms with van der Waals surface area (Å²) in [6.45, 7) is 0.679. The van der Waals surface area contributed by atoms with Crippen LogP contribution in [0.3, 0.4) is 0 Å². The Balaban J connectivity index is 2.21. The van der Waals surface area contributed by atoms with E-state index >= 15 is 0 Å². The van der Waals surface area contributed by atoms with Crippen molar-refractivity contribution in [1.29, 1.82) is 10.8 Å². The summed E-state index contributed by atoms with van der Waals surface area (Å²) in [6, 6.07) is 11.9. The third-order valence-corrected chi connectivity index (χ3v) is 5.35. The number of nitrogen functional groups attached to an aromatic ring is 1. The highest BCUT2D eigenvalue weighted by Gasteiger charge is 2.17. The van der Waals surface area contributed by atoms with Crippen molar-refractivity contribution in [3.8, 4) is 0 Å². The molecule has 4 N–H and O–H groups in total. The topological polar surface area (TPSA) is 77.0 Å². The van der Waals surface area contributed by atoms with E-state index in [2.05, 4.69) is 0 Å². The maximum Gasteiger partial charge on any atom is 0.133 e. The van der Waals surface area contributed by atoms with Gasteiger partial charge in [-0.1, -0.05) is 30.3 Å². The predicted octanol–water partition coefficient (Wildman–Crippen LogP) is 3.21. The Morgan fingerprint density at radius 1 is 1.29 bits per heavy atom. The molecule has 0 aliphatic carbocycles. The van der Waals surface area contributed by atoms with Crippen molar-refractivity contribution in [3.63, 3.8) is 0 Å². The zero-order chi connectivity index (χ0) is 15.4. The van der Waals surface area contributed by atoms with E-state index < -0.39 is 0 Å². The Kier molecular flexibility index (Phi) is 5.03. The molecule has 2 aromatic rings. The second kappa shape index (κ2) is 6.78. The molecule has 0 spiro atoms. The van der Waals surface area contributed by atoms with Gasteiger partial charge in [0.25, 0.3) is 0 Å². The number of nitrogens with zero attached hydrogens (tertiary/aromatic N) is 1. The van der Waals surface area contributed by atoms with Gasteiger partial charge >= 0.3 is 0 Å². The van der Waals surface area contributed by atoms with Crippen LogP contribution in [0.4, 0.5) is 0 Å². The molecule has 0 unspecified atom stereocenters. The van der Waals surface area contributed by atoms with Gasteiger partial charge in [-0.2, -0.15) is 0 Å². The number of rotatable bonds is 5. The van der Waals surface area contributed by atoms with Crippen LogP contribution in [0.2, 0.25) is 0 Å². The predicted molar refractivity (Wildman–Crippen MR) is 91.9 cm³/mol. The van der Waals surface area contributed by atoms with Crippen molar-refractivity contribution < 1.29 is 0 Å². The molecule has 21 heavy (non-hydrogen) atoms. The number of amidine groups is 2. The number of hydrogen-bond acceptors (Lipinski definition) is 4. The van der Waals surface area contributed by atoms with Crippen molar-refractivity contribution in [1.82, 2.24) is 4.90 Å². The number of nitrogens with two attached hydrogens (primary N) is 1. The molecule has 1 aromatic heterocycles. The van der Waals surface area contributed by atoms with Crippen LogP contribution in [0.15, 0.2) is 40.6 Å². The molecular weight excluding hydrogens is 300 g/mol. The molecule has 1 heterocycles. The molecule has 6 heteroatoms. The van der Waals surface area contributed by atoms with Gasteiger partial charge in [0.1, 0.15) is 11.7 Å². The van der Waals surface area contributed by atoms with E-state index in [9.17, 15) is 0 Å². The lowest BCUT2D eigenvalue weighted by Crippen LogP contribution is -2.26. The number of benzene rings is 1. The van der Waals surface area contributed by atoms with Crippen LogP contribution >= 0.6 is 23.1 Å². The molecule has 0 fully saturated rings. The highest BCUT2D eigenvalue weighted by atomic mass is 32.2. The van der Waals surface area contributed by atoms with Gasteiger partial charge in [-0.15, -0.1) is 23.1 Å². The smallest absolute Gasteiger partial charge is 0.133 e. The van der Waals surface area contributed by atoms with Crippen molar-refractivity contribution in [2.75, 3.05) is 13.3 Å². The summed E-state index contributed by atoms with van der Waals surface area (Å²) in [5, 5.41) is 15.9. The van der Waals surface area contributed by atoms with Gasteiger partial charge in [-0.25, -0.2) is 0 Å². The lowest BCUT2D eigenvalue weighted by molar-refractivity contribution is 0.498. The molecule has 0 aliphatic heterocycles. The Bertz CT molecular complexity index is 649. The number of hydrogen-bond donors (Lipinski definition) is 3. The Morgan fingerprint density at radius 3 is 2.52 bits per heavy atom. The second-order valence-electron chi connectivity index (χ2n) is 4.62. The van der Waals surface area contributed by atoms with Gasteiger partial charge in [0.15, 0.2) is 0 Å². The summed E-state index contributed by atoms with van der Waals surface area (Å²) in [6.07, 6.45) is 1.98. The fraction of sp³-hybridized carbons (Fsp3) is 0.200. The minimum Gasteiger partial charge on any atom is -0.383 e. The quantitative estimate of drug-likeness (QED) is 0.450. The largest absolute Gasteiger partial charge is 0.383 e. The molecule has 0 saturated heterocycles. The van der Waals surface area contributed by atoms with Gasteiger partial charge in [0.2, 0.25) is 0 Å².